The molecule has 90 valence electrons. The van der Waals surface area contributed by atoms with E-state index in [0.29, 0.717) is 5.41 Å². The topological polar surface area (TPSA) is 3.24 Å². The van der Waals surface area contributed by atoms with Crippen molar-refractivity contribution in [3.05, 3.63) is 0 Å². The van der Waals surface area contributed by atoms with Crippen LogP contribution in [0.1, 0.15) is 59.8 Å². The monoisotopic (exact) mass is 211 g/mol. The molecule has 1 aliphatic rings. The molecule has 0 aliphatic heterocycles. The summed E-state index contributed by atoms with van der Waals surface area (Å²) in [6.45, 7) is 10.7. The van der Waals surface area contributed by atoms with Crippen molar-refractivity contribution in [1.29, 1.82) is 0 Å². The molecule has 1 fully saturated rings. The molecule has 0 amide bonds. The van der Waals surface area contributed by atoms with Gasteiger partial charge in [0.2, 0.25) is 0 Å². The molecule has 0 aromatic carbocycles. The smallest absolute Gasteiger partial charge is 0.00924 e. The number of rotatable bonds is 3. The summed E-state index contributed by atoms with van der Waals surface area (Å²) in [6.07, 6.45) is 7.02. The Balaban J connectivity index is 2.25. The lowest BCUT2D eigenvalue weighted by Crippen LogP contribution is -2.36. The van der Waals surface area contributed by atoms with Crippen LogP contribution < -0.4 is 0 Å². The highest BCUT2D eigenvalue weighted by molar-refractivity contribution is 4.77. The normalized spacial score (nSPS) is 28.4. The number of hydrogen-bond donors (Lipinski definition) is 0. The second kappa shape index (κ2) is 5.34. The lowest BCUT2D eigenvalue weighted by Gasteiger charge is -2.35. The van der Waals surface area contributed by atoms with Crippen molar-refractivity contribution in [2.24, 2.45) is 11.3 Å². The highest BCUT2D eigenvalue weighted by atomic mass is 15.1. The van der Waals surface area contributed by atoms with E-state index >= 15 is 0 Å². The van der Waals surface area contributed by atoms with Crippen LogP contribution in [0.4, 0.5) is 0 Å². The molecule has 0 aromatic heterocycles. The van der Waals surface area contributed by atoms with E-state index in [-0.39, 0.29) is 0 Å². The fourth-order valence-corrected chi connectivity index (χ4v) is 2.38. The van der Waals surface area contributed by atoms with Gasteiger partial charge in [0.15, 0.2) is 0 Å². The molecular weight excluding hydrogens is 182 g/mol. The van der Waals surface area contributed by atoms with Crippen molar-refractivity contribution in [2.45, 2.75) is 65.8 Å². The Hall–Kier alpha value is -0.0400. The van der Waals surface area contributed by atoms with Gasteiger partial charge in [0.05, 0.1) is 0 Å². The van der Waals surface area contributed by atoms with E-state index in [1.807, 2.05) is 0 Å². The molecule has 15 heavy (non-hydrogen) atoms. The van der Waals surface area contributed by atoms with Gasteiger partial charge < -0.3 is 4.90 Å². The summed E-state index contributed by atoms with van der Waals surface area (Å²) in [7, 11) is 2.31. The molecule has 1 heteroatoms. The Morgan fingerprint density at radius 1 is 1.07 bits per heavy atom. The fourth-order valence-electron chi connectivity index (χ4n) is 2.38. The van der Waals surface area contributed by atoms with Crippen molar-refractivity contribution >= 4 is 0 Å². The average molecular weight is 211 g/mol. The first-order valence-electron chi connectivity index (χ1n) is 6.59. The Labute approximate surface area is 96.2 Å². The molecule has 1 nitrogen and oxygen atoms in total. The molecule has 0 radical (unpaired) electrons. The Morgan fingerprint density at radius 3 is 2.07 bits per heavy atom. The maximum Gasteiger partial charge on any atom is 0.00924 e. The highest BCUT2D eigenvalue weighted by Crippen LogP contribution is 2.27. The van der Waals surface area contributed by atoms with Crippen molar-refractivity contribution < 1.29 is 0 Å². The van der Waals surface area contributed by atoms with Crippen LogP contribution in [-0.4, -0.2) is 24.5 Å². The van der Waals surface area contributed by atoms with Crippen molar-refractivity contribution in [3.8, 4) is 0 Å². The van der Waals surface area contributed by atoms with Crippen LogP contribution in [0.2, 0.25) is 0 Å². The van der Waals surface area contributed by atoms with E-state index in [1.165, 1.54) is 38.6 Å². The summed E-state index contributed by atoms with van der Waals surface area (Å²) in [5, 5.41) is 0. The van der Waals surface area contributed by atoms with Crippen LogP contribution in [0.15, 0.2) is 0 Å². The van der Waals surface area contributed by atoms with Gasteiger partial charge in [-0.1, -0.05) is 27.7 Å². The quantitative estimate of drug-likeness (QED) is 0.683. The Kier molecular flexibility index (Phi) is 4.64. The molecule has 0 unspecified atom stereocenters. The molecule has 1 rings (SSSR count). The molecule has 0 aromatic rings. The molecule has 0 heterocycles. The summed E-state index contributed by atoms with van der Waals surface area (Å²) in [5.74, 6) is 0.970. The van der Waals surface area contributed by atoms with Crippen molar-refractivity contribution in [3.63, 3.8) is 0 Å². The zero-order valence-corrected chi connectivity index (χ0v) is 11.3. The maximum absolute atomic E-state index is 2.59. The minimum atomic E-state index is 0.482. The Bertz CT molecular complexity index is 172. The minimum absolute atomic E-state index is 0.482. The van der Waals surface area contributed by atoms with Crippen LogP contribution in [0.3, 0.4) is 0 Å². The third-order valence-corrected chi connectivity index (χ3v) is 3.82. The summed E-state index contributed by atoms with van der Waals surface area (Å²) >= 11 is 0. The summed E-state index contributed by atoms with van der Waals surface area (Å²) in [4.78, 5) is 2.59. The summed E-state index contributed by atoms with van der Waals surface area (Å²) in [5.41, 5.74) is 0.482. The summed E-state index contributed by atoms with van der Waals surface area (Å²) in [6, 6.07) is 0.864. The second-order valence-electron chi connectivity index (χ2n) is 6.70. The van der Waals surface area contributed by atoms with Crippen LogP contribution >= 0.6 is 0 Å². The Morgan fingerprint density at radius 2 is 1.60 bits per heavy atom. The molecule has 0 N–H and O–H groups in total. The van der Waals surface area contributed by atoms with Crippen LogP contribution in [0, 0.1) is 11.3 Å². The van der Waals surface area contributed by atoms with Gasteiger partial charge >= 0.3 is 0 Å². The maximum atomic E-state index is 2.59. The minimum Gasteiger partial charge on any atom is -0.303 e. The van der Waals surface area contributed by atoms with Crippen LogP contribution in [0.5, 0.6) is 0 Å². The lowest BCUT2D eigenvalue weighted by atomic mass is 9.86. The number of hydrogen-bond acceptors (Lipinski definition) is 1. The molecule has 0 atom stereocenters. The van der Waals surface area contributed by atoms with Gasteiger partial charge in [-0.15, -0.1) is 0 Å². The molecule has 1 aliphatic carbocycles. The molecule has 1 saturated carbocycles. The van der Waals surface area contributed by atoms with Crippen LogP contribution in [0.25, 0.3) is 0 Å². The number of nitrogens with zero attached hydrogens (tertiary/aromatic N) is 1. The van der Waals surface area contributed by atoms with E-state index in [1.54, 1.807) is 0 Å². The first-order valence-corrected chi connectivity index (χ1v) is 6.59. The highest BCUT2D eigenvalue weighted by Gasteiger charge is 2.22. The average Bonchev–Trinajstić information content (AvgIpc) is 2.14. The lowest BCUT2D eigenvalue weighted by molar-refractivity contribution is 0.153. The van der Waals surface area contributed by atoms with Crippen LogP contribution in [-0.2, 0) is 0 Å². The van der Waals surface area contributed by atoms with E-state index in [0.717, 1.165) is 12.0 Å². The molecule has 0 saturated heterocycles. The van der Waals surface area contributed by atoms with Gasteiger partial charge in [-0.3, -0.25) is 0 Å². The second-order valence-corrected chi connectivity index (χ2v) is 6.70. The third kappa shape index (κ3) is 5.01. The van der Waals surface area contributed by atoms with Crippen molar-refractivity contribution in [2.75, 3.05) is 13.6 Å². The molecule has 0 bridgehead atoms. The largest absolute Gasteiger partial charge is 0.303 e. The van der Waals surface area contributed by atoms with Gasteiger partial charge in [-0.05, 0) is 57.0 Å². The summed E-state index contributed by atoms with van der Waals surface area (Å²) < 4.78 is 0. The SMILES string of the molecule is CC1CCC(N(C)CCC(C)(C)C)CC1. The van der Waals surface area contributed by atoms with Gasteiger partial charge in [0.1, 0.15) is 0 Å². The predicted octanol–water partition coefficient (Wildman–Crippen LogP) is 3.93. The molecule has 0 spiro atoms. The first kappa shape index (κ1) is 13.0. The third-order valence-electron chi connectivity index (χ3n) is 3.82. The first-order chi connectivity index (χ1) is 6.88. The zero-order chi connectivity index (χ0) is 11.5. The standard InChI is InChI=1S/C14H29N/c1-12-6-8-13(9-7-12)15(5)11-10-14(2,3)4/h12-13H,6-11H2,1-5H3. The molecular formula is C14H29N. The predicted molar refractivity (Wildman–Crippen MR) is 68.1 cm³/mol. The van der Waals surface area contributed by atoms with E-state index in [2.05, 4.69) is 39.6 Å². The van der Waals surface area contributed by atoms with Crippen molar-refractivity contribution in [1.82, 2.24) is 4.90 Å². The van der Waals surface area contributed by atoms with E-state index in [9.17, 15) is 0 Å². The van der Waals surface area contributed by atoms with Gasteiger partial charge in [0, 0.05) is 6.04 Å². The zero-order valence-electron chi connectivity index (χ0n) is 11.3. The fraction of sp³-hybridized carbons (Fsp3) is 1.00. The van der Waals surface area contributed by atoms with Gasteiger partial charge in [-0.2, -0.15) is 0 Å². The van der Waals surface area contributed by atoms with Gasteiger partial charge in [-0.25, -0.2) is 0 Å². The van der Waals surface area contributed by atoms with E-state index < -0.39 is 0 Å². The van der Waals surface area contributed by atoms with E-state index in [4.69, 9.17) is 0 Å². The van der Waals surface area contributed by atoms with Gasteiger partial charge in [0.25, 0.3) is 0 Å².